The van der Waals surface area contributed by atoms with Crippen molar-refractivity contribution in [2.75, 3.05) is 12.3 Å². The summed E-state index contributed by atoms with van der Waals surface area (Å²) in [6.07, 6.45) is -5.70. The predicted molar refractivity (Wildman–Crippen MR) is 51.6 cm³/mol. The molecule has 2 nitrogen and oxygen atoms in total. The van der Waals surface area contributed by atoms with Crippen molar-refractivity contribution in [2.24, 2.45) is 0 Å². The summed E-state index contributed by atoms with van der Waals surface area (Å²) in [6, 6.07) is 1.89. The molecule has 0 saturated carbocycles. The van der Waals surface area contributed by atoms with Crippen molar-refractivity contribution in [1.82, 2.24) is 0 Å². The van der Waals surface area contributed by atoms with Gasteiger partial charge in [0.1, 0.15) is 0 Å². The summed E-state index contributed by atoms with van der Waals surface area (Å²) in [7, 11) is 0. The Hall–Kier alpha value is -1.53. The Morgan fingerprint density at radius 3 is 2.41 bits per heavy atom. The van der Waals surface area contributed by atoms with Crippen molar-refractivity contribution in [1.29, 1.82) is 0 Å². The number of benzene rings is 1. The van der Waals surface area contributed by atoms with E-state index in [9.17, 15) is 22.0 Å². The average Bonchev–Trinajstić information content (AvgIpc) is 2.21. The number of ether oxygens (including phenoxy) is 1. The molecule has 0 aromatic heterocycles. The van der Waals surface area contributed by atoms with Gasteiger partial charge < -0.3 is 10.5 Å². The van der Waals surface area contributed by atoms with Gasteiger partial charge in [0.15, 0.2) is 11.6 Å². The summed E-state index contributed by atoms with van der Waals surface area (Å²) < 4.78 is 66.0. The van der Waals surface area contributed by atoms with Crippen LogP contribution >= 0.6 is 0 Å². The third kappa shape index (κ3) is 4.08. The van der Waals surface area contributed by atoms with Gasteiger partial charge in [0, 0.05) is 6.42 Å². The molecular weight excluding hydrogens is 245 g/mol. The van der Waals surface area contributed by atoms with Crippen LogP contribution in [0.2, 0.25) is 0 Å². The lowest BCUT2D eigenvalue weighted by molar-refractivity contribution is -0.136. The third-order valence-electron chi connectivity index (χ3n) is 1.93. The molecule has 1 aromatic carbocycles. The maximum atomic E-state index is 13.1. The SMILES string of the molecule is Nc1ccc(F)c(F)c1OCCCC(F)(F)F. The number of rotatable bonds is 4. The van der Waals surface area contributed by atoms with E-state index in [1.807, 2.05) is 0 Å². The number of anilines is 1. The fourth-order valence-corrected chi connectivity index (χ4v) is 1.14. The van der Waals surface area contributed by atoms with E-state index in [-0.39, 0.29) is 18.7 Å². The Morgan fingerprint density at radius 1 is 1.18 bits per heavy atom. The molecule has 1 aromatic rings. The lowest BCUT2D eigenvalue weighted by atomic mass is 10.2. The highest BCUT2D eigenvalue weighted by atomic mass is 19.4. The highest BCUT2D eigenvalue weighted by Gasteiger charge is 2.26. The minimum absolute atomic E-state index is 0.157. The lowest BCUT2D eigenvalue weighted by Gasteiger charge is -2.11. The van der Waals surface area contributed by atoms with Gasteiger partial charge in [-0.05, 0) is 18.6 Å². The fourth-order valence-electron chi connectivity index (χ4n) is 1.14. The summed E-state index contributed by atoms with van der Waals surface area (Å²) in [5.74, 6) is -3.01. The second kappa shape index (κ2) is 5.20. The van der Waals surface area contributed by atoms with Crippen LogP contribution < -0.4 is 10.5 Å². The zero-order valence-corrected chi connectivity index (χ0v) is 8.65. The van der Waals surface area contributed by atoms with Crippen molar-refractivity contribution < 1.29 is 26.7 Å². The Kier molecular flexibility index (Phi) is 4.14. The molecule has 0 radical (unpaired) electrons. The summed E-state index contributed by atoms with van der Waals surface area (Å²) in [4.78, 5) is 0. The number of hydrogen-bond acceptors (Lipinski definition) is 2. The molecule has 0 amide bonds. The van der Waals surface area contributed by atoms with Crippen LogP contribution in [-0.2, 0) is 0 Å². The molecule has 0 aliphatic heterocycles. The molecule has 0 atom stereocenters. The quantitative estimate of drug-likeness (QED) is 0.509. The van der Waals surface area contributed by atoms with E-state index in [0.29, 0.717) is 0 Å². The van der Waals surface area contributed by atoms with Gasteiger partial charge >= 0.3 is 6.18 Å². The number of halogens is 5. The molecule has 1 rings (SSSR count). The molecule has 0 saturated heterocycles. The van der Waals surface area contributed by atoms with E-state index in [2.05, 4.69) is 0 Å². The van der Waals surface area contributed by atoms with Gasteiger partial charge in [0.05, 0.1) is 12.3 Å². The van der Waals surface area contributed by atoms with Crippen molar-refractivity contribution in [3.05, 3.63) is 23.8 Å². The van der Waals surface area contributed by atoms with E-state index in [0.717, 1.165) is 12.1 Å². The van der Waals surface area contributed by atoms with Crippen molar-refractivity contribution >= 4 is 5.69 Å². The Balaban J connectivity index is 2.55. The van der Waals surface area contributed by atoms with Crippen molar-refractivity contribution in [2.45, 2.75) is 19.0 Å². The first-order chi connectivity index (χ1) is 7.81. The van der Waals surface area contributed by atoms with E-state index in [4.69, 9.17) is 10.5 Å². The average molecular weight is 255 g/mol. The first-order valence-electron chi connectivity index (χ1n) is 4.74. The summed E-state index contributed by atoms with van der Waals surface area (Å²) in [5.41, 5.74) is 5.15. The highest BCUT2D eigenvalue weighted by Crippen LogP contribution is 2.28. The molecule has 0 spiro atoms. The van der Waals surface area contributed by atoms with Crippen LogP contribution in [0.1, 0.15) is 12.8 Å². The maximum absolute atomic E-state index is 13.1. The number of alkyl halides is 3. The third-order valence-corrected chi connectivity index (χ3v) is 1.93. The van der Waals surface area contributed by atoms with Crippen LogP contribution in [0.15, 0.2) is 12.1 Å². The van der Waals surface area contributed by atoms with Crippen LogP contribution in [-0.4, -0.2) is 12.8 Å². The van der Waals surface area contributed by atoms with Crippen LogP contribution in [0.25, 0.3) is 0 Å². The van der Waals surface area contributed by atoms with Gasteiger partial charge in [-0.15, -0.1) is 0 Å². The Bertz CT molecular complexity index is 391. The minimum Gasteiger partial charge on any atom is -0.488 e. The molecule has 2 N–H and O–H groups in total. The largest absolute Gasteiger partial charge is 0.488 e. The smallest absolute Gasteiger partial charge is 0.389 e. The van der Waals surface area contributed by atoms with E-state index in [1.165, 1.54) is 0 Å². The number of nitrogens with two attached hydrogens (primary N) is 1. The molecule has 7 heteroatoms. The van der Waals surface area contributed by atoms with E-state index in [1.54, 1.807) is 0 Å². The Morgan fingerprint density at radius 2 is 1.82 bits per heavy atom. The maximum Gasteiger partial charge on any atom is 0.389 e. The Labute approximate surface area is 94.2 Å². The lowest BCUT2D eigenvalue weighted by Crippen LogP contribution is -2.10. The molecule has 0 aliphatic carbocycles. The fraction of sp³-hybridized carbons (Fsp3) is 0.400. The molecule has 0 heterocycles. The van der Waals surface area contributed by atoms with Gasteiger partial charge in [-0.25, -0.2) is 4.39 Å². The molecular formula is C10H10F5NO. The van der Waals surface area contributed by atoms with Gasteiger partial charge in [0.25, 0.3) is 0 Å². The molecule has 0 fully saturated rings. The van der Waals surface area contributed by atoms with E-state index < -0.39 is 30.0 Å². The summed E-state index contributed by atoms with van der Waals surface area (Å²) in [6.45, 7) is -0.385. The van der Waals surface area contributed by atoms with Gasteiger partial charge in [-0.1, -0.05) is 0 Å². The second-order valence-electron chi connectivity index (χ2n) is 3.35. The zero-order valence-electron chi connectivity index (χ0n) is 8.65. The molecule has 0 aliphatic rings. The van der Waals surface area contributed by atoms with Crippen LogP contribution in [0.3, 0.4) is 0 Å². The molecule has 0 bridgehead atoms. The first kappa shape index (κ1) is 13.5. The normalized spacial score (nSPS) is 11.6. The van der Waals surface area contributed by atoms with Crippen LogP contribution in [0, 0.1) is 11.6 Å². The van der Waals surface area contributed by atoms with Crippen LogP contribution in [0.5, 0.6) is 5.75 Å². The zero-order chi connectivity index (χ0) is 13.1. The second-order valence-corrected chi connectivity index (χ2v) is 3.35. The van der Waals surface area contributed by atoms with Gasteiger partial charge in [0.2, 0.25) is 5.82 Å². The molecule has 17 heavy (non-hydrogen) atoms. The van der Waals surface area contributed by atoms with Gasteiger partial charge in [-0.2, -0.15) is 17.6 Å². The summed E-state index contributed by atoms with van der Waals surface area (Å²) in [5, 5.41) is 0. The monoisotopic (exact) mass is 255 g/mol. The standard InChI is InChI=1S/C10H10F5NO/c11-6-2-3-7(16)9(8(6)12)17-5-1-4-10(13,14)15/h2-3H,1,4-5,16H2. The first-order valence-corrected chi connectivity index (χ1v) is 4.74. The minimum atomic E-state index is -4.30. The molecule has 0 unspecified atom stereocenters. The predicted octanol–water partition coefficient (Wildman–Crippen LogP) is 3.27. The van der Waals surface area contributed by atoms with Crippen LogP contribution in [0.4, 0.5) is 27.6 Å². The number of nitrogen functional groups attached to an aromatic ring is 1. The summed E-state index contributed by atoms with van der Waals surface area (Å²) >= 11 is 0. The topological polar surface area (TPSA) is 35.2 Å². The van der Waals surface area contributed by atoms with Gasteiger partial charge in [-0.3, -0.25) is 0 Å². The van der Waals surface area contributed by atoms with Crippen molar-refractivity contribution in [3.63, 3.8) is 0 Å². The molecule has 96 valence electrons. The van der Waals surface area contributed by atoms with Crippen molar-refractivity contribution in [3.8, 4) is 5.75 Å². The highest BCUT2D eigenvalue weighted by molar-refractivity contribution is 5.53. The van der Waals surface area contributed by atoms with E-state index >= 15 is 0 Å². The number of hydrogen-bond donors (Lipinski definition) is 1.